The molecule has 3 heterocycles. The maximum Gasteiger partial charge on any atom is 0.216 e. The summed E-state index contributed by atoms with van der Waals surface area (Å²) in [6, 6.07) is 19.0. The van der Waals surface area contributed by atoms with Crippen LogP contribution in [0, 0.1) is 20.8 Å². The molecule has 3 aromatic carbocycles. The Balaban J connectivity index is 1.72. The Kier molecular flexibility index (Phi) is 3.43. The number of hydrogen-bond donors (Lipinski definition) is 0. The van der Waals surface area contributed by atoms with Crippen molar-refractivity contribution < 1.29 is 13.4 Å². The van der Waals surface area contributed by atoms with Crippen LogP contribution >= 0.6 is 0 Å². The lowest BCUT2D eigenvalue weighted by Gasteiger charge is -2.07. The van der Waals surface area contributed by atoms with Gasteiger partial charge in [-0.1, -0.05) is 30.3 Å². The Labute approximate surface area is 174 Å². The molecular weight excluding hydrogens is 370 g/mol. The fourth-order valence-corrected chi connectivity index (χ4v) is 4.60. The summed E-state index contributed by atoms with van der Waals surface area (Å²) in [6.45, 7) is 6.45. The predicted octanol–water partition coefficient (Wildman–Crippen LogP) is 6.90. The molecular formula is C27H22NO2+. The number of fused-ring (bicyclic) bond motifs is 6. The molecule has 0 bridgehead atoms. The lowest BCUT2D eigenvalue weighted by atomic mass is 9.99. The summed E-state index contributed by atoms with van der Waals surface area (Å²) < 4.78 is 14.8. The number of hydrogen-bond acceptors (Lipinski definition) is 2. The highest BCUT2D eigenvalue weighted by Crippen LogP contribution is 2.40. The zero-order chi connectivity index (χ0) is 20.6. The molecule has 0 saturated heterocycles. The second-order valence-corrected chi connectivity index (χ2v) is 8.31. The highest BCUT2D eigenvalue weighted by Gasteiger charge is 2.22. The lowest BCUT2D eigenvalue weighted by molar-refractivity contribution is -0.660. The van der Waals surface area contributed by atoms with E-state index in [0.717, 1.165) is 55.1 Å². The molecule has 0 spiro atoms. The first-order valence-corrected chi connectivity index (χ1v) is 10.3. The Bertz CT molecular complexity index is 1630. The van der Waals surface area contributed by atoms with E-state index in [0.29, 0.717) is 0 Å². The minimum absolute atomic E-state index is 0.891. The molecule has 6 aromatic rings. The van der Waals surface area contributed by atoms with Gasteiger partial charge in [0.1, 0.15) is 29.4 Å². The number of furan rings is 2. The standard InChI is InChI=1S/C27H22NO2/c1-15-9-10-19-21-13-24-20(18-7-5-6-8-23(18)29-24)12-25(21)30-27(19)26(15)22-11-16(2)17(3)14-28(22)4/h5-14H,1-4H3/q+1. The summed E-state index contributed by atoms with van der Waals surface area (Å²) in [7, 11) is 2.10. The molecule has 0 aliphatic heterocycles. The predicted molar refractivity (Wildman–Crippen MR) is 122 cm³/mol. The fraction of sp³-hybridized carbons (Fsp3) is 0.148. The van der Waals surface area contributed by atoms with Crippen molar-refractivity contribution in [1.82, 2.24) is 0 Å². The summed E-state index contributed by atoms with van der Waals surface area (Å²) in [5.41, 5.74) is 9.69. The van der Waals surface area contributed by atoms with Crippen LogP contribution in [0.25, 0.3) is 55.1 Å². The zero-order valence-corrected chi connectivity index (χ0v) is 17.5. The van der Waals surface area contributed by atoms with E-state index in [2.05, 4.69) is 75.0 Å². The number of pyridine rings is 1. The Morgan fingerprint density at radius 2 is 1.37 bits per heavy atom. The molecule has 3 aromatic heterocycles. The monoisotopic (exact) mass is 392 g/mol. The summed E-state index contributed by atoms with van der Waals surface area (Å²) in [6.07, 6.45) is 2.19. The third kappa shape index (κ3) is 2.29. The van der Waals surface area contributed by atoms with Crippen molar-refractivity contribution in [2.45, 2.75) is 20.8 Å². The lowest BCUT2D eigenvalue weighted by Crippen LogP contribution is -2.31. The smallest absolute Gasteiger partial charge is 0.216 e. The van der Waals surface area contributed by atoms with Crippen molar-refractivity contribution in [2.24, 2.45) is 7.05 Å². The number of para-hydroxylation sites is 1. The molecule has 0 aliphatic rings. The molecule has 0 atom stereocenters. The minimum atomic E-state index is 0.891. The summed E-state index contributed by atoms with van der Waals surface area (Å²) >= 11 is 0. The van der Waals surface area contributed by atoms with Gasteiger partial charge in [0.25, 0.3) is 0 Å². The second kappa shape index (κ2) is 5.96. The first kappa shape index (κ1) is 17.3. The van der Waals surface area contributed by atoms with Crippen LogP contribution in [-0.2, 0) is 7.05 Å². The van der Waals surface area contributed by atoms with Gasteiger partial charge in [0.2, 0.25) is 5.69 Å². The van der Waals surface area contributed by atoms with Gasteiger partial charge >= 0.3 is 0 Å². The van der Waals surface area contributed by atoms with Crippen LogP contribution in [0.4, 0.5) is 0 Å². The molecule has 0 amide bonds. The number of aromatic nitrogens is 1. The van der Waals surface area contributed by atoms with E-state index in [4.69, 9.17) is 8.83 Å². The van der Waals surface area contributed by atoms with Crippen molar-refractivity contribution in [3.05, 3.63) is 77.5 Å². The van der Waals surface area contributed by atoms with Crippen LogP contribution in [0.5, 0.6) is 0 Å². The van der Waals surface area contributed by atoms with Crippen molar-refractivity contribution >= 4 is 43.9 Å². The molecule has 3 nitrogen and oxygen atoms in total. The van der Waals surface area contributed by atoms with Crippen molar-refractivity contribution in [3.8, 4) is 11.3 Å². The minimum Gasteiger partial charge on any atom is -0.456 e. The van der Waals surface area contributed by atoms with Gasteiger partial charge in [-0.05, 0) is 50.1 Å². The molecule has 0 fully saturated rings. The van der Waals surface area contributed by atoms with E-state index >= 15 is 0 Å². The van der Waals surface area contributed by atoms with Gasteiger partial charge < -0.3 is 8.83 Å². The van der Waals surface area contributed by atoms with Crippen LogP contribution in [-0.4, -0.2) is 0 Å². The van der Waals surface area contributed by atoms with Crippen molar-refractivity contribution in [3.63, 3.8) is 0 Å². The normalized spacial score (nSPS) is 12.0. The van der Waals surface area contributed by atoms with Gasteiger partial charge in [-0.3, -0.25) is 0 Å². The Morgan fingerprint density at radius 3 is 2.20 bits per heavy atom. The Morgan fingerprint density at radius 1 is 0.633 bits per heavy atom. The third-order valence-corrected chi connectivity index (χ3v) is 6.35. The van der Waals surface area contributed by atoms with Gasteiger partial charge in [0.15, 0.2) is 6.20 Å². The highest BCUT2D eigenvalue weighted by molar-refractivity contribution is 6.16. The molecule has 3 heteroatoms. The molecule has 30 heavy (non-hydrogen) atoms. The molecule has 0 radical (unpaired) electrons. The van der Waals surface area contributed by atoms with E-state index in [1.807, 2.05) is 18.2 Å². The van der Waals surface area contributed by atoms with E-state index in [1.165, 1.54) is 16.7 Å². The summed E-state index contributed by atoms with van der Waals surface area (Å²) in [5.74, 6) is 0. The molecule has 0 unspecified atom stereocenters. The SMILES string of the molecule is Cc1cc(-c2c(C)ccc3c2oc2cc4c(cc23)oc2ccccc24)[n+](C)cc1C. The van der Waals surface area contributed by atoms with Crippen LogP contribution in [0.2, 0.25) is 0 Å². The number of nitrogens with zero attached hydrogens (tertiary/aromatic N) is 1. The maximum atomic E-state index is 6.52. The fourth-order valence-electron chi connectivity index (χ4n) is 4.60. The quantitative estimate of drug-likeness (QED) is 0.285. The van der Waals surface area contributed by atoms with Gasteiger partial charge in [-0.2, -0.15) is 0 Å². The Hall–Kier alpha value is -3.59. The van der Waals surface area contributed by atoms with Crippen LogP contribution in [0.1, 0.15) is 16.7 Å². The highest BCUT2D eigenvalue weighted by atomic mass is 16.3. The molecule has 0 aliphatic carbocycles. The van der Waals surface area contributed by atoms with E-state index in [1.54, 1.807) is 0 Å². The molecule has 146 valence electrons. The average Bonchev–Trinajstić information content (AvgIpc) is 3.26. The molecule has 0 saturated carbocycles. The zero-order valence-electron chi connectivity index (χ0n) is 17.5. The summed E-state index contributed by atoms with van der Waals surface area (Å²) in [4.78, 5) is 0. The van der Waals surface area contributed by atoms with Crippen molar-refractivity contribution in [1.29, 1.82) is 0 Å². The third-order valence-electron chi connectivity index (χ3n) is 6.35. The first-order chi connectivity index (χ1) is 14.5. The topological polar surface area (TPSA) is 30.2 Å². The largest absolute Gasteiger partial charge is 0.456 e. The number of aryl methyl sites for hydroxylation is 4. The number of benzene rings is 3. The van der Waals surface area contributed by atoms with Crippen LogP contribution in [0.3, 0.4) is 0 Å². The van der Waals surface area contributed by atoms with Crippen molar-refractivity contribution in [2.75, 3.05) is 0 Å². The second-order valence-electron chi connectivity index (χ2n) is 8.31. The van der Waals surface area contributed by atoms with E-state index in [-0.39, 0.29) is 0 Å². The van der Waals surface area contributed by atoms with Gasteiger partial charge in [-0.25, -0.2) is 4.57 Å². The van der Waals surface area contributed by atoms with E-state index < -0.39 is 0 Å². The molecule has 0 N–H and O–H groups in total. The summed E-state index contributed by atoms with van der Waals surface area (Å²) in [5, 5.41) is 4.41. The maximum absolute atomic E-state index is 6.52. The van der Waals surface area contributed by atoms with Crippen LogP contribution < -0.4 is 4.57 Å². The average molecular weight is 392 g/mol. The van der Waals surface area contributed by atoms with Gasteiger partial charge in [0, 0.05) is 33.2 Å². The van der Waals surface area contributed by atoms with Gasteiger partial charge in [0.05, 0.1) is 5.56 Å². The molecule has 6 rings (SSSR count). The van der Waals surface area contributed by atoms with Crippen LogP contribution in [0.15, 0.2) is 69.6 Å². The number of rotatable bonds is 1. The van der Waals surface area contributed by atoms with Gasteiger partial charge in [-0.15, -0.1) is 0 Å². The first-order valence-electron chi connectivity index (χ1n) is 10.3. The van der Waals surface area contributed by atoms with E-state index in [9.17, 15) is 0 Å².